The third-order valence-corrected chi connectivity index (χ3v) is 4.77. The second-order valence-corrected chi connectivity index (χ2v) is 7.04. The molecule has 2 heterocycles. The number of ether oxygens (including phenoxy) is 1. The molecule has 31 heavy (non-hydrogen) atoms. The molecule has 0 bridgehead atoms. The van der Waals surface area contributed by atoms with Crippen LogP contribution in [0.2, 0.25) is 5.02 Å². The minimum absolute atomic E-state index is 0.0649. The van der Waals surface area contributed by atoms with Crippen LogP contribution in [0.15, 0.2) is 53.6 Å². The third kappa shape index (κ3) is 5.62. The highest BCUT2D eigenvalue weighted by Crippen LogP contribution is 2.28. The quantitative estimate of drug-likeness (QED) is 0.495. The fourth-order valence-electron chi connectivity index (χ4n) is 2.79. The summed E-state index contributed by atoms with van der Waals surface area (Å²) in [5.41, 5.74) is 0.672. The summed E-state index contributed by atoms with van der Waals surface area (Å²) < 4.78 is 44.5. The Balaban J connectivity index is 1.77. The van der Waals surface area contributed by atoms with Crippen molar-refractivity contribution in [2.24, 2.45) is 0 Å². The fourth-order valence-corrected chi connectivity index (χ4v) is 2.98. The maximum Gasteiger partial charge on any atom is 0.417 e. The SMILES string of the molecule is CCCOCc1ccccc1CNc1cnn(-c2ccc(C(F)(F)F)cn2)c(=O)c1Cl. The highest BCUT2D eigenvalue weighted by Gasteiger charge is 2.30. The van der Waals surface area contributed by atoms with E-state index in [1.807, 2.05) is 31.2 Å². The van der Waals surface area contributed by atoms with Gasteiger partial charge in [-0.05, 0) is 29.7 Å². The predicted octanol–water partition coefficient (Wildman–Crippen LogP) is 4.84. The van der Waals surface area contributed by atoms with E-state index in [4.69, 9.17) is 16.3 Å². The van der Waals surface area contributed by atoms with Gasteiger partial charge in [-0.2, -0.15) is 23.0 Å². The summed E-state index contributed by atoms with van der Waals surface area (Å²) in [6.45, 7) is 3.55. The normalized spacial score (nSPS) is 11.5. The molecule has 0 amide bonds. The van der Waals surface area contributed by atoms with Gasteiger partial charge >= 0.3 is 6.18 Å². The Morgan fingerprint density at radius 2 is 1.87 bits per heavy atom. The smallest absolute Gasteiger partial charge is 0.378 e. The van der Waals surface area contributed by atoms with Crippen LogP contribution in [0, 0.1) is 0 Å². The molecular weight excluding hydrogens is 433 g/mol. The number of nitrogens with one attached hydrogen (secondary N) is 1. The van der Waals surface area contributed by atoms with Crippen molar-refractivity contribution in [2.75, 3.05) is 11.9 Å². The lowest BCUT2D eigenvalue weighted by Gasteiger charge is -2.13. The van der Waals surface area contributed by atoms with E-state index in [0.717, 1.165) is 34.4 Å². The molecule has 0 aliphatic carbocycles. The number of rotatable bonds is 8. The van der Waals surface area contributed by atoms with Gasteiger partial charge in [-0.25, -0.2) is 4.98 Å². The number of benzene rings is 1. The van der Waals surface area contributed by atoms with E-state index in [1.165, 1.54) is 6.20 Å². The Bertz CT molecular complexity index is 1090. The standard InChI is InChI=1S/C21H20ClF3N4O2/c1-2-9-31-13-15-6-4-3-5-14(15)10-26-17-12-28-29(20(30)19(17)22)18-8-7-16(11-27-18)21(23,24)25/h3-8,11-12,26H,2,9-10,13H2,1H3. The second-order valence-electron chi connectivity index (χ2n) is 6.67. The first kappa shape index (κ1) is 22.8. The number of aromatic nitrogens is 3. The maximum atomic E-state index is 12.7. The number of pyridine rings is 1. The second kappa shape index (κ2) is 9.93. The van der Waals surface area contributed by atoms with Crippen molar-refractivity contribution in [1.82, 2.24) is 14.8 Å². The van der Waals surface area contributed by atoms with Crippen molar-refractivity contribution in [2.45, 2.75) is 32.7 Å². The van der Waals surface area contributed by atoms with Crippen molar-refractivity contribution >= 4 is 17.3 Å². The van der Waals surface area contributed by atoms with Crippen LogP contribution in [0.25, 0.3) is 5.82 Å². The molecule has 0 saturated carbocycles. The Morgan fingerprint density at radius 3 is 2.52 bits per heavy atom. The molecule has 0 fully saturated rings. The van der Waals surface area contributed by atoms with Crippen molar-refractivity contribution in [1.29, 1.82) is 0 Å². The molecule has 1 aromatic carbocycles. The van der Waals surface area contributed by atoms with Gasteiger partial charge in [0.05, 0.1) is 24.1 Å². The van der Waals surface area contributed by atoms with Crippen molar-refractivity contribution < 1.29 is 17.9 Å². The van der Waals surface area contributed by atoms with Crippen molar-refractivity contribution in [3.63, 3.8) is 0 Å². The number of anilines is 1. The van der Waals surface area contributed by atoms with Crippen molar-refractivity contribution in [3.8, 4) is 5.82 Å². The molecule has 0 radical (unpaired) electrons. The van der Waals surface area contributed by atoms with Gasteiger partial charge < -0.3 is 10.1 Å². The van der Waals surface area contributed by atoms with E-state index < -0.39 is 17.3 Å². The molecule has 3 rings (SSSR count). The summed E-state index contributed by atoms with van der Waals surface area (Å²) in [5.74, 6) is -0.0649. The minimum Gasteiger partial charge on any atom is -0.378 e. The lowest BCUT2D eigenvalue weighted by atomic mass is 10.1. The van der Waals surface area contributed by atoms with E-state index >= 15 is 0 Å². The molecule has 3 aromatic rings. The molecule has 0 aliphatic rings. The molecule has 6 nitrogen and oxygen atoms in total. The van der Waals surface area contributed by atoms with Gasteiger partial charge in [0.2, 0.25) is 0 Å². The Labute approximate surface area is 181 Å². The Morgan fingerprint density at radius 1 is 1.13 bits per heavy atom. The molecule has 0 unspecified atom stereocenters. The first-order valence-electron chi connectivity index (χ1n) is 9.51. The zero-order chi connectivity index (χ0) is 22.4. The van der Waals surface area contributed by atoms with Crippen LogP contribution in [-0.4, -0.2) is 21.4 Å². The summed E-state index contributed by atoms with van der Waals surface area (Å²) in [6, 6.07) is 9.60. The number of nitrogens with zero attached hydrogens (tertiary/aromatic N) is 3. The summed E-state index contributed by atoms with van der Waals surface area (Å²) >= 11 is 6.19. The third-order valence-electron chi connectivity index (χ3n) is 4.40. The van der Waals surface area contributed by atoms with Gasteiger partial charge in [-0.3, -0.25) is 4.79 Å². The molecule has 0 atom stereocenters. The van der Waals surface area contributed by atoms with Crippen LogP contribution in [-0.2, 0) is 24.1 Å². The molecular formula is C21H20ClF3N4O2. The van der Waals surface area contributed by atoms with Crippen LogP contribution in [0.1, 0.15) is 30.0 Å². The highest BCUT2D eigenvalue weighted by atomic mass is 35.5. The zero-order valence-corrected chi connectivity index (χ0v) is 17.4. The zero-order valence-electron chi connectivity index (χ0n) is 16.6. The lowest BCUT2D eigenvalue weighted by molar-refractivity contribution is -0.137. The first-order valence-corrected chi connectivity index (χ1v) is 9.89. The molecule has 0 spiro atoms. The van der Waals surface area contributed by atoms with Gasteiger partial charge in [0.25, 0.3) is 5.56 Å². The van der Waals surface area contributed by atoms with Crippen LogP contribution in [0.4, 0.5) is 18.9 Å². The largest absolute Gasteiger partial charge is 0.417 e. The topological polar surface area (TPSA) is 69.0 Å². The molecule has 2 aromatic heterocycles. The summed E-state index contributed by atoms with van der Waals surface area (Å²) in [4.78, 5) is 16.2. The number of alkyl halides is 3. The maximum absolute atomic E-state index is 12.7. The molecule has 164 valence electrons. The van der Waals surface area contributed by atoms with Gasteiger partial charge in [0.1, 0.15) is 5.02 Å². The van der Waals surface area contributed by atoms with Crippen LogP contribution in [0.3, 0.4) is 0 Å². The highest BCUT2D eigenvalue weighted by molar-refractivity contribution is 6.32. The van der Waals surface area contributed by atoms with E-state index in [0.29, 0.717) is 31.6 Å². The first-order chi connectivity index (χ1) is 14.8. The summed E-state index contributed by atoms with van der Waals surface area (Å²) in [7, 11) is 0. The number of halogens is 4. The van der Waals surface area contributed by atoms with E-state index in [-0.39, 0.29) is 10.8 Å². The monoisotopic (exact) mass is 452 g/mol. The molecule has 10 heteroatoms. The molecule has 0 saturated heterocycles. The average molecular weight is 453 g/mol. The summed E-state index contributed by atoms with van der Waals surface area (Å²) in [6.07, 6.45) is -1.63. The van der Waals surface area contributed by atoms with Gasteiger partial charge in [0, 0.05) is 19.3 Å². The fraction of sp³-hybridized carbons (Fsp3) is 0.286. The predicted molar refractivity (Wildman–Crippen MR) is 111 cm³/mol. The average Bonchev–Trinajstić information content (AvgIpc) is 2.75. The number of hydrogen-bond donors (Lipinski definition) is 1. The van der Waals surface area contributed by atoms with E-state index in [9.17, 15) is 18.0 Å². The van der Waals surface area contributed by atoms with E-state index in [1.54, 1.807) is 0 Å². The molecule has 0 aliphatic heterocycles. The van der Waals surface area contributed by atoms with Crippen LogP contribution >= 0.6 is 11.6 Å². The van der Waals surface area contributed by atoms with Gasteiger partial charge in [-0.1, -0.05) is 42.8 Å². The molecule has 1 N–H and O–H groups in total. The van der Waals surface area contributed by atoms with Gasteiger partial charge in [0.15, 0.2) is 5.82 Å². The van der Waals surface area contributed by atoms with E-state index in [2.05, 4.69) is 15.4 Å². The van der Waals surface area contributed by atoms with Gasteiger partial charge in [-0.15, -0.1) is 0 Å². The Hall–Kier alpha value is -2.91. The Kier molecular flexibility index (Phi) is 7.29. The number of hydrogen-bond acceptors (Lipinski definition) is 5. The lowest BCUT2D eigenvalue weighted by Crippen LogP contribution is -2.23. The summed E-state index contributed by atoms with van der Waals surface area (Å²) in [5, 5.41) is 6.92. The van der Waals surface area contributed by atoms with Crippen molar-refractivity contribution in [3.05, 3.63) is 80.9 Å². The minimum atomic E-state index is -4.52. The van der Waals surface area contributed by atoms with Crippen LogP contribution < -0.4 is 10.9 Å². The van der Waals surface area contributed by atoms with Crippen LogP contribution in [0.5, 0.6) is 0 Å².